The Morgan fingerprint density at radius 1 is 1.23 bits per heavy atom. The fourth-order valence-corrected chi connectivity index (χ4v) is 5.31. The van der Waals surface area contributed by atoms with Crippen LogP contribution in [0, 0.1) is 5.92 Å². The summed E-state index contributed by atoms with van der Waals surface area (Å²) in [5.74, 6) is 1.39. The third-order valence-electron chi connectivity index (χ3n) is 5.30. The minimum atomic E-state index is -3.60. The van der Waals surface area contributed by atoms with Crippen molar-refractivity contribution in [3.63, 3.8) is 0 Å². The normalized spacial score (nSPS) is 17.9. The number of fused-ring (bicyclic) bond motifs is 1. The van der Waals surface area contributed by atoms with Crippen molar-refractivity contribution >= 4 is 21.1 Å². The van der Waals surface area contributed by atoms with E-state index in [1.807, 2.05) is 0 Å². The predicted octanol–water partition coefficient (Wildman–Crippen LogP) is 2.73. The molecule has 1 aliphatic rings. The van der Waals surface area contributed by atoms with Crippen molar-refractivity contribution in [2.75, 3.05) is 13.1 Å². The highest BCUT2D eigenvalue weighted by atomic mass is 32.2. The summed E-state index contributed by atoms with van der Waals surface area (Å²) in [6.07, 6.45) is 3.45. The third-order valence-corrected chi connectivity index (χ3v) is 7.16. The molecule has 11 heteroatoms. The molecule has 4 aromatic rings. The number of hydrogen-bond donors (Lipinski definition) is 0. The Hall–Kier alpha value is -3.18. The summed E-state index contributed by atoms with van der Waals surface area (Å²) in [6, 6.07) is 9.95. The molecule has 0 amide bonds. The van der Waals surface area contributed by atoms with Crippen molar-refractivity contribution in [2.45, 2.75) is 31.3 Å². The molecule has 1 atom stereocenters. The molecular weight excluding hydrogens is 422 g/mol. The van der Waals surface area contributed by atoms with Gasteiger partial charge in [0.1, 0.15) is 16.7 Å². The van der Waals surface area contributed by atoms with Crippen LogP contribution in [-0.4, -0.2) is 46.1 Å². The summed E-state index contributed by atoms with van der Waals surface area (Å²) in [7, 11) is -3.60. The average molecular weight is 443 g/mol. The molecule has 0 spiro atoms. The maximum absolute atomic E-state index is 13.1. The molecule has 4 heterocycles. The second kappa shape index (κ2) is 7.82. The number of hydrogen-bond acceptors (Lipinski definition) is 8. The van der Waals surface area contributed by atoms with Gasteiger partial charge in [0.05, 0.1) is 11.2 Å². The monoisotopic (exact) mass is 443 g/mol. The highest BCUT2D eigenvalue weighted by Crippen LogP contribution is 2.25. The molecule has 0 bridgehead atoms. The predicted molar refractivity (Wildman–Crippen MR) is 109 cm³/mol. The Morgan fingerprint density at radius 3 is 2.94 bits per heavy atom. The van der Waals surface area contributed by atoms with Crippen molar-refractivity contribution in [1.29, 1.82) is 0 Å². The van der Waals surface area contributed by atoms with Gasteiger partial charge in [-0.3, -0.25) is 0 Å². The van der Waals surface area contributed by atoms with Crippen molar-refractivity contribution in [3.05, 3.63) is 48.4 Å². The molecule has 1 fully saturated rings. The fourth-order valence-electron chi connectivity index (χ4n) is 3.69. The lowest BCUT2D eigenvalue weighted by atomic mass is 10.0. The second-order valence-corrected chi connectivity index (χ2v) is 9.59. The van der Waals surface area contributed by atoms with E-state index in [-0.39, 0.29) is 11.5 Å². The van der Waals surface area contributed by atoms with E-state index in [0.29, 0.717) is 47.3 Å². The zero-order valence-electron chi connectivity index (χ0n) is 16.8. The van der Waals surface area contributed by atoms with Gasteiger partial charge in [0.2, 0.25) is 15.8 Å². The minimum absolute atomic E-state index is 0.0588. The first-order chi connectivity index (χ1) is 15.0. The third kappa shape index (κ3) is 3.81. The van der Waals surface area contributed by atoms with Crippen molar-refractivity contribution in [3.8, 4) is 11.5 Å². The lowest BCUT2D eigenvalue weighted by Crippen LogP contribution is -2.39. The summed E-state index contributed by atoms with van der Waals surface area (Å²) < 4.78 is 38.3. The van der Waals surface area contributed by atoms with E-state index >= 15 is 0 Å². The Morgan fingerprint density at radius 2 is 2.13 bits per heavy atom. The van der Waals surface area contributed by atoms with Crippen molar-refractivity contribution in [1.82, 2.24) is 24.6 Å². The molecule has 1 aromatic carbocycles. The number of nitrogens with zero attached hydrogens (tertiary/aromatic N) is 5. The number of piperidine rings is 1. The van der Waals surface area contributed by atoms with Crippen LogP contribution in [0.3, 0.4) is 0 Å². The number of furan rings is 1. The average Bonchev–Trinajstić information content (AvgIpc) is 3.52. The summed E-state index contributed by atoms with van der Waals surface area (Å²) in [6.45, 7) is 3.18. The second-order valence-electron chi connectivity index (χ2n) is 7.66. The van der Waals surface area contributed by atoms with Crippen LogP contribution in [0.15, 0.2) is 56.5 Å². The molecule has 1 saturated heterocycles. The van der Waals surface area contributed by atoms with E-state index in [1.54, 1.807) is 47.0 Å². The van der Waals surface area contributed by atoms with Gasteiger partial charge in [-0.1, -0.05) is 16.9 Å². The van der Waals surface area contributed by atoms with Crippen LogP contribution in [0.1, 0.15) is 25.5 Å². The largest absolute Gasteiger partial charge is 0.461 e. The van der Waals surface area contributed by atoms with Gasteiger partial charge in [0.25, 0.3) is 0 Å². The molecular formula is C20H21N5O5S. The number of rotatable bonds is 6. The van der Waals surface area contributed by atoms with Gasteiger partial charge in [0.15, 0.2) is 12.4 Å². The van der Waals surface area contributed by atoms with Crippen LogP contribution in [0.25, 0.3) is 22.6 Å². The number of benzene rings is 1. The zero-order chi connectivity index (χ0) is 21.4. The van der Waals surface area contributed by atoms with Gasteiger partial charge in [-0.05, 0) is 54.3 Å². The molecule has 0 saturated carbocycles. The van der Waals surface area contributed by atoms with Gasteiger partial charge >= 0.3 is 0 Å². The van der Waals surface area contributed by atoms with Gasteiger partial charge in [0, 0.05) is 19.2 Å². The molecule has 0 N–H and O–H groups in total. The zero-order valence-corrected chi connectivity index (χ0v) is 17.7. The van der Waals surface area contributed by atoms with Crippen LogP contribution in [0.5, 0.6) is 0 Å². The maximum Gasteiger partial charge on any atom is 0.243 e. The van der Waals surface area contributed by atoms with E-state index in [2.05, 4.69) is 22.4 Å². The highest BCUT2D eigenvalue weighted by molar-refractivity contribution is 7.89. The van der Waals surface area contributed by atoms with Gasteiger partial charge in [-0.15, -0.1) is 5.10 Å². The summed E-state index contributed by atoms with van der Waals surface area (Å²) >= 11 is 0. The topological polar surface area (TPSA) is 116 Å². The molecule has 1 unspecified atom stereocenters. The van der Waals surface area contributed by atoms with Crippen molar-refractivity contribution < 1.29 is 22.2 Å². The molecule has 3 aromatic heterocycles. The Balaban J connectivity index is 1.37. The van der Waals surface area contributed by atoms with E-state index in [4.69, 9.17) is 13.8 Å². The van der Waals surface area contributed by atoms with Gasteiger partial charge < -0.3 is 13.8 Å². The molecule has 162 valence electrons. The minimum Gasteiger partial charge on any atom is -0.461 e. The molecule has 1 aliphatic heterocycles. The van der Waals surface area contributed by atoms with E-state index in [9.17, 15) is 8.42 Å². The van der Waals surface area contributed by atoms with Crippen LogP contribution in [0.4, 0.5) is 0 Å². The van der Waals surface area contributed by atoms with Crippen LogP contribution in [-0.2, 0) is 16.6 Å². The SMILES string of the molecule is CC1CCCN(S(=O)(=O)c2ccc3nnn(OCc4cc(-c5ccco5)on4)c3c2)C1. The quantitative estimate of drug-likeness (QED) is 0.447. The smallest absolute Gasteiger partial charge is 0.243 e. The van der Waals surface area contributed by atoms with Crippen LogP contribution >= 0.6 is 0 Å². The summed E-state index contributed by atoms with van der Waals surface area (Å²) in [5, 5.41) is 12.0. The molecule has 0 radical (unpaired) electrons. The first kappa shape index (κ1) is 19.8. The van der Waals surface area contributed by atoms with Gasteiger partial charge in [-0.2, -0.15) is 4.31 Å². The molecule has 10 nitrogen and oxygen atoms in total. The van der Waals surface area contributed by atoms with E-state index < -0.39 is 10.0 Å². The Bertz CT molecular complexity index is 1290. The number of aromatic nitrogens is 4. The lowest BCUT2D eigenvalue weighted by molar-refractivity contribution is 0.0714. The molecule has 31 heavy (non-hydrogen) atoms. The first-order valence-electron chi connectivity index (χ1n) is 9.99. The van der Waals surface area contributed by atoms with Crippen LogP contribution < -0.4 is 4.84 Å². The maximum atomic E-state index is 13.1. The van der Waals surface area contributed by atoms with Gasteiger partial charge in [-0.25, -0.2) is 8.42 Å². The lowest BCUT2D eigenvalue weighted by Gasteiger charge is -2.30. The molecule has 5 rings (SSSR count). The number of sulfonamides is 1. The summed E-state index contributed by atoms with van der Waals surface area (Å²) in [4.78, 5) is 7.09. The Labute approximate surface area is 178 Å². The summed E-state index contributed by atoms with van der Waals surface area (Å²) in [5.41, 5.74) is 1.52. The first-order valence-corrected chi connectivity index (χ1v) is 11.4. The standard InChI is InChI=1S/C20H21N5O5S/c1-14-4-2-8-24(12-14)31(26,27)16-6-7-17-18(11-16)25(23-21-17)29-13-15-10-20(30-22-15)19-5-3-9-28-19/h3,5-7,9-11,14H,2,4,8,12-13H2,1H3. The van der Waals surface area contributed by atoms with E-state index in [0.717, 1.165) is 12.8 Å². The highest BCUT2D eigenvalue weighted by Gasteiger charge is 2.29. The van der Waals surface area contributed by atoms with E-state index in [1.165, 1.54) is 4.85 Å². The van der Waals surface area contributed by atoms with Crippen molar-refractivity contribution in [2.24, 2.45) is 5.92 Å². The fraction of sp³-hybridized carbons (Fsp3) is 0.350. The molecule has 0 aliphatic carbocycles. The van der Waals surface area contributed by atoms with Crippen LogP contribution in [0.2, 0.25) is 0 Å². The Kier molecular flexibility index (Phi) is 4.98.